The van der Waals surface area contributed by atoms with E-state index in [-0.39, 0.29) is 11.8 Å². The van der Waals surface area contributed by atoms with E-state index in [9.17, 15) is 4.79 Å². The monoisotopic (exact) mass is 257 g/mol. The molecule has 2 aliphatic heterocycles. The van der Waals surface area contributed by atoms with Gasteiger partial charge in [0.1, 0.15) is 0 Å². The lowest BCUT2D eigenvalue weighted by atomic mass is 9.99. The number of rotatable bonds is 1. The molecule has 1 amide bonds. The maximum Gasteiger partial charge on any atom is 0.232 e. The third kappa shape index (κ3) is 2.15. The number of para-hydroxylation sites is 1. The van der Waals surface area contributed by atoms with Gasteiger partial charge in [0.15, 0.2) is 6.10 Å². The average molecular weight is 257 g/mol. The van der Waals surface area contributed by atoms with Crippen molar-refractivity contribution in [1.29, 1.82) is 5.26 Å². The third-order valence-corrected chi connectivity index (χ3v) is 3.65. The van der Waals surface area contributed by atoms with Crippen molar-refractivity contribution in [2.75, 3.05) is 31.6 Å². The number of amides is 1. The van der Waals surface area contributed by atoms with Gasteiger partial charge in [-0.1, -0.05) is 18.2 Å². The van der Waals surface area contributed by atoms with Crippen LogP contribution in [0.1, 0.15) is 11.5 Å². The van der Waals surface area contributed by atoms with E-state index in [0.717, 1.165) is 11.3 Å². The zero-order chi connectivity index (χ0) is 13.2. The van der Waals surface area contributed by atoms with Gasteiger partial charge in [-0.05, 0) is 11.6 Å². The summed E-state index contributed by atoms with van der Waals surface area (Å²) in [5, 5.41) is 12.1. The zero-order valence-corrected chi connectivity index (χ0v) is 10.5. The molecule has 3 rings (SSSR count). The first-order chi connectivity index (χ1) is 9.29. The fourth-order valence-electron chi connectivity index (χ4n) is 2.65. The highest BCUT2D eigenvalue weighted by molar-refractivity contribution is 5.88. The Balaban J connectivity index is 1.77. The molecule has 98 valence electrons. The van der Waals surface area contributed by atoms with E-state index in [4.69, 9.17) is 10.00 Å². The van der Waals surface area contributed by atoms with Crippen molar-refractivity contribution in [3.05, 3.63) is 29.8 Å². The van der Waals surface area contributed by atoms with E-state index in [1.165, 1.54) is 0 Å². The number of hydrogen-bond donors (Lipinski definition) is 1. The molecule has 2 unspecified atom stereocenters. The molecular weight excluding hydrogens is 242 g/mol. The van der Waals surface area contributed by atoms with Gasteiger partial charge in [0, 0.05) is 18.8 Å². The van der Waals surface area contributed by atoms with Crippen molar-refractivity contribution >= 4 is 11.6 Å². The van der Waals surface area contributed by atoms with Gasteiger partial charge in [-0.2, -0.15) is 5.26 Å². The number of hydrogen-bond acceptors (Lipinski definition) is 4. The summed E-state index contributed by atoms with van der Waals surface area (Å²) in [5.41, 5.74) is 2.08. The fraction of sp³-hybridized carbons (Fsp3) is 0.429. The molecule has 5 nitrogen and oxygen atoms in total. The molecule has 2 atom stereocenters. The summed E-state index contributed by atoms with van der Waals surface area (Å²) < 4.78 is 5.27. The molecule has 2 aliphatic rings. The summed E-state index contributed by atoms with van der Waals surface area (Å²) in [5.74, 6) is -0.0605. The molecule has 0 spiro atoms. The Labute approximate surface area is 111 Å². The minimum atomic E-state index is -0.498. The molecule has 19 heavy (non-hydrogen) atoms. The number of nitrogens with one attached hydrogen (secondary N) is 1. The molecule has 0 saturated carbocycles. The van der Waals surface area contributed by atoms with Crippen molar-refractivity contribution < 1.29 is 9.53 Å². The van der Waals surface area contributed by atoms with Crippen molar-refractivity contribution in [3.8, 4) is 6.07 Å². The van der Waals surface area contributed by atoms with Crippen LogP contribution < -0.4 is 5.32 Å². The quantitative estimate of drug-likeness (QED) is 0.813. The van der Waals surface area contributed by atoms with E-state index >= 15 is 0 Å². The highest BCUT2D eigenvalue weighted by atomic mass is 16.5. The summed E-state index contributed by atoms with van der Waals surface area (Å²) in [6, 6.07) is 9.94. The number of carbonyl (C=O) groups excluding carboxylic acids is 1. The molecule has 0 radical (unpaired) electrons. The largest absolute Gasteiger partial charge is 0.384 e. The maximum atomic E-state index is 12.5. The molecular formula is C14H15N3O2. The molecule has 0 aliphatic carbocycles. The molecule has 1 N–H and O–H groups in total. The number of morpholine rings is 1. The lowest BCUT2D eigenvalue weighted by molar-refractivity contribution is -0.138. The minimum absolute atomic E-state index is 0.0843. The molecule has 0 bridgehead atoms. The van der Waals surface area contributed by atoms with Crippen LogP contribution in [-0.2, 0) is 9.53 Å². The van der Waals surface area contributed by atoms with Gasteiger partial charge < -0.3 is 15.0 Å². The summed E-state index contributed by atoms with van der Waals surface area (Å²) in [6.07, 6.45) is -0.498. The molecule has 1 saturated heterocycles. The Morgan fingerprint density at radius 3 is 3.16 bits per heavy atom. The second kappa shape index (κ2) is 4.90. The summed E-state index contributed by atoms with van der Waals surface area (Å²) in [7, 11) is 0. The molecule has 2 heterocycles. The van der Waals surface area contributed by atoms with Crippen molar-refractivity contribution in [3.63, 3.8) is 0 Å². The smallest absolute Gasteiger partial charge is 0.232 e. The summed E-state index contributed by atoms with van der Waals surface area (Å²) in [6.45, 7) is 2.00. The van der Waals surface area contributed by atoms with E-state index in [1.807, 2.05) is 24.3 Å². The lowest BCUT2D eigenvalue weighted by Crippen LogP contribution is -2.47. The predicted octanol–water partition coefficient (Wildman–Crippen LogP) is 0.947. The fourth-order valence-corrected chi connectivity index (χ4v) is 2.65. The van der Waals surface area contributed by atoms with Crippen LogP contribution in [-0.4, -0.2) is 43.2 Å². The maximum absolute atomic E-state index is 12.5. The van der Waals surface area contributed by atoms with Crippen LogP contribution in [0.15, 0.2) is 24.3 Å². The Kier molecular flexibility index (Phi) is 3.10. The Morgan fingerprint density at radius 1 is 1.47 bits per heavy atom. The standard InChI is InChI=1S/C14H15N3O2/c15-7-10-9-17(5-6-19-10)14(18)12-8-16-13-4-2-1-3-11(12)13/h1-4,10,12,16H,5-6,8-9H2. The first-order valence-corrected chi connectivity index (χ1v) is 6.42. The lowest BCUT2D eigenvalue weighted by Gasteiger charge is -2.31. The van der Waals surface area contributed by atoms with Gasteiger partial charge in [0.2, 0.25) is 5.91 Å². The van der Waals surface area contributed by atoms with Gasteiger partial charge >= 0.3 is 0 Å². The van der Waals surface area contributed by atoms with E-state index in [2.05, 4.69) is 11.4 Å². The van der Waals surface area contributed by atoms with Crippen molar-refractivity contribution in [1.82, 2.24) is 4.90 Å². The molecule has 1 aromatic carbocycles. The SMILES string of the molecule is N#CC1CN(C(=O)C2CNc3ccccc32)CCO1. The first-order valence-electron chi connectivity index (χ1n) is 6.42. The van der Waals surface area contributed by atoms with E-state index < -0.39 is 6.10 Å². The van der Waals surface area contributed by atoms with Crippen LogP contribution in [0.2, 0.25) is 0 Å². The van der Waals surface area contributed by atoms with Crippen LogP contribution in [0.25, 0.3) is 0 Å². The topological polar surface area (TPSA) is 65.4 Å². The first kappa shape index (κ1) is 12.0. The van der Waals surface area contributed by atoms with Gasteiger partial charge in [0.25, 0.3) is 0 Å². The van der Waals surface area contributed by atoms with E-state index in [0.29, 0.717) is 26.2 Å². The number of benzene rings is 1. The number of nitriles is 1. The van der Waals surface area contributed by atoms with Crippen LogP contribution in [0, 0.1) is 11.3 Å². The van der Waals surface area contributed by atoms with Crippen LogP contribution in [0.4, 0.5) is 5.69 Å². The highest BCUT2D eigenvalue weighted by Crippen LogP contribution is 2.32. The molecule has 0 aromatic heterocycles. The zero-order valence-electron chi connectivity index (χ0n) is 10.5. The number of ether oxygens (including phenoxy) is 1. The van der Waals surface area contributed by atoms with E-state index in [1.54, 1.807) is 4.90 Å². The Bertz CT molecular complexity index is 538. The molecule has 1 aromatic rings. The second-order valence-corrected chi connectivity index (χ2v) is 4.79. The van der Waals surface area contributed by atoms with Crippen molar-refractivity contribution in [2.24, 2.45) is 0 Å². The molecule has 1 fully saturated rings. The summed E-state index contributed by atoms with van der Waals surface area (Å²) in [4.78, 5) is 14.3. The summed E-state index contributed by atoms with van der Waals surface area (Å²) >= 11 is 0. The van der Waals surface area contributed by atoms with Crippen LogP contribution in [0.3, 0.4) is 0 Å². The number of carbonyl (C=O) groups is 1. The van der Waals surface area contributed by atoms with Gasteiger partial charge in [-0.15, -0.1) is 0 Å². The van der Waals surface area contributed by atoms with Crippen molar-refractivity contribution in [2.45, 2.75) is 12.0 Å². The highest BCUT2D eigenvalue weighted by Gasteiger charge is 2.33. The Morgan fingerprint density at radius 2 is 2.32 bits per heavy atom. The predicted molar refractivity (Wildman–Crippen MR) is 69.6 cm³/mol. The average Bonchev–Trinajstić information content (AvgIpc) is 2.90. The van der Waals surface area contributed by atoms with Gasteiger partial charge in [-0.25, -0.2) is 0 Å². The minimum Gasteiger partial charge on any atom is -0.384 e. The van der Waals surface area contributed by atoms with Crippen LogP contribution in [0.5, 0.6) is 0 Å². The third-order valence-electron chi connectivity index (χ3n) is 3.65. The second-order valence-electron chi connectivity index (χ2n) is 4.79. The number of fused-ring (bicyclic) bond motifs is 1. The Hall–Kier alpha value is -2.06. The number of nitrogens with zero attached hydrogens (tertiary/aromatic N) is 2. The normalized spacial score (nSPS) is 25.3. The number of anilines is 1. The molecule has 5 heteroatoms. The van der Waals surface area contributed by atoms with Gasteiger partial charge in [0.05, 0.1) is 25.1 Å². The van der Waals surface area contributed by atoms with Crippen LogP contribution >= 0.6 is 0 Å². The van der Waals surface area contributed by atoms with Gasteiger partial charge in [-0.3, -0.25) is 4.79 Å².